The van der Waals surface area contributed by atoms with Crippen LogP contribution in [0.4, 0.5) is 0 Å². The van der Waals surface area contributed by atoms with Gasteiger partial charge >= 0.3 is 0 Å². The minimum Gasteiger partial charge on any atom is -0.330 e. The molecule has 0 aliphatic carbocycles. The molecule has 2 nitrogen and oxygen atoms in total. The molecule has 1 aliphatic rings. The molecule has 1 rings (SSSR count). The van der Waals surface area contributed by atoms with Crippen molar-refractivity contribution < 1.29 is 0 Å². The van der Waals surface area contributed by atoms with Crippen molar-refractivity contribution in [2.24, 2.45) is 17.6 Å². The van der Waals surface area contributed by atoms with Crippen LogP contribution < -0.4 is 11.1 Å². The molecule has 0 aromatic carbocycles. The fraction of sp³-hybridized carbons (Fsp3) is 1.00. The third-order valence-electron chi connectivity index (χ3n) is 2.31. The summed E-state index contributed by atoms with van der Waals surface area (Å²) < 4.78 is 0. The summed E-state index contributed by atoms with van der Waals surface area (Å²) in [5, 5.41) is 3.34. The average Bonchev–Trinajstić information content (AvgIpc) is 2.33. The van der Waals surface area contributed by atoms with Crippen LogP contribution in [-0.2, 0) is 0 Å². The monoisotopic (exact) mass is 128 g/mol. The molecule has 0 aromatic rings. The number of hydrogen-bond donors (Lipinski definition) is 2. The second-order valence-corrected chi connectivity index (χ2v) is 2.82. The molecule has 0 amide bonds. The van der Waals surface area contributed by atoms with Crippen molar-refractivity contribution in [3.05, 3.63) is 0 Å². The topological polar surface area (TPSA) is 38.0 Å². The van der Waals surface area contributed by atoms with Gasteiger partial charge in [0.2, 0.25) is 0 Å². The Balaban J connectivity index is 2.32. The van der Waals surface area contributed by atoms with Crippen LogP contribution in [0.1, 0.15) is 13.3 Å². The van der Waals surface area contributed by atoms with Gasteiger partial charge in [0, 0.05) is 0 Å². The van der Waals surface area contributed by atoms with E-state index in [9.17, 15) is 0 Å². The van der Waals surface area contributed by atoms with Gasteiger partial charge in [-0.25, -0.2) is 0 Å². The number of nitrogens with one attached hydrogen (secondary N) is 1. The Morgan fingerprint density at radius 1 is 1.44 bits per heavy atom. The molecule has 2 atom stereocenters. The van der Waals surface area contributed by atoms with Crippen molar-refractivity contribution >= 4 is 0 Å². The van der Waals surface area contributed by atoms with Gasteiger partial charge in [-0.05, 0) is 31.5 Å². The van der Waals surface area contributed by atoms with E-state index in [1.54, 1.807) is 0 Å². The van der Waals surface area contributed by atoms with Crippen LogP contribution >= 0.6 is 0 Å². The highest BCUT2D eigenvalue weighted by atomic mass is 14.9. The van der Waals surface area contributed by atoms with E-state index >= 15 is 0 Å². The SMILES string of the molecule is CC[C@H]1CNC[C@H]1CN. The first-order valence-electron chi connectivity index (χ1n) is 3.79. The summed E-state index contributed by atoms with van der Waals surface area (Å²) in [4.78, 5) is 0. The Bertz CT molecular complexity index is 73.0. The lowest BCUT2D eigenvalue weighted by molar-refractivity contribution is 0.416. The smallest absolute Gasteiger partial charge is 0.000520 e. The standard InChI is InChI=1S/C7H16N2/c1-2-6-4-9-5-7(6)3-8/h6-7,9H,2-5,8H2,1H3/t6-,7+/m0/s1. The predicted molar refractivity (Wildman–Crippen MR) is 39.2 cm³/mol. The first kappa shape index (κ1) is 7.03. The van der Waals surface area contributed by atoms with Crippen molar-refractivity contribution in [1.29, 1.82) is 0 Å². The molecular weight excluding hydrogens is 112 g/mol. The first-order chi connectivity index (χ1) is 4.38. The molecule has 1 fully saturated rings. The van der Waals surface area contributed by atoms with Gasteiger partial charge in [0.15, 0.2) is 0 Å². The second-order valence-electron chi connectivity index (χ2n) is 2.82. The van der Waals surface area contributed by atoms with Crippen LogP contribution in [0.15, 0.2) is 0 Å². The van der Waals surface area contributed by atoms with Crippen LogP contribution in [0.2, 0.25) is 0 Å². The van der Waals surface area contributed by atoms with E-state index < -0.39 is 0 Å². The van der Waals surface area contributed by atoms with Gasteiger partial charge in [0.05, 0.1) is 0 Å². The van der Waals surface area contributed by atoms with E-state index in [1.165, 1.54) is 13.0 Å². The van der Waals surface area contributed by atoms with E-state index in [2.05, 4.69) is 12.2 Å². The van der Waals surface area contributed by atoms with E-state index in [-0.39, 0.29) is 0 Å². The van der Waals surface area contributed by atoms with Gasteiger partial charge in [-0.1, -0.05) is 13.3 Å². The highest BCUT2D eigenvalue weighted by Gasteiger charge is 2.23. The zero-order valence-corrected chi connectivity index (χ0v) is 6.06. The Labute approximate surface area is 56.8 Å². The molecular formula is C7H16N2. The normalized spacial score (nSPS) is 35.3. The Morgan fingerprint density at radius 2 is 2.11 bits per heavy atom. The molecule has 1 aliphatic heterocycles. The quantitative estimate of drug-likeness (QED) is 0.557. The van der Waals surface area contributed by atoms with Gasteiger partial charge < -0.3 is 11.1 Å². The van der Waals surface area contributed by atoms with E-state index in [0.717, 1.165) is 24.9 Å². The Morgan fingerprint density at radius 3 is 2.56 bits per heavy atom. The number of nitrogens with two attached hydrogens (primary N) is 1. The molecule has 0 radical (unpaired) electrons. The maximum Gasteiger partial charge on any atom is -0.000520 e. The van der Waals surface area contributed by atoms with Crippen LogP contribution in [-0.4, -0.2) is 19.6 Å². The third kappa shape index (κ3) is 1.43. The molecule has 0 saturated carbocycles. The van der Waals surface area contributed by atoms with Crippen molar-refractivity contribution in [2.75, 3.05) is 19.6 Å². The van der Waals surface area contributed by atoms with E-state index in [0.29, 0.717) is 0 Å². The molecule has 2 heteroatoms. The lowest BCUT2D eigenvalue weighted by Gasteiger charge is -2.12. The predicted octanol–water partition coefficient (Wildman–Crippen LogP) is 0.191. The lowest BCUT2D eigenvalue weighted by Crippen LogP contribution is -2.21. The zero-order chi connectivity index (χ0) is 6.69. The maximum atomic E-state index is 5.56. The molecule has 3 N–H and O–H groups in total. The number of rotatable bonds is 2. The van der Waals surface area contributed by atoms with Crippen molar-refractivity contribution in [3.8, 4) is 0 Å². The summed E-state index contributed by atoms with van der Waals surface area (Å²) in [6.45, 7) is 5.40. The van der Waals surface area contributed by atoms with Crippen molar-refractivity contribution in [2.45, 2.75) is 13.3 Å². The second kappa shape index (κ2) is 3.18. The lowest BCUT2D eigenvalue weighted by atomic mass is 9.94. The van der Waals surface area contributed by atoms with Gasteiger partial charge in [0.25, 0.3) is 0 Å². The minimum atomic E-state index is 0.745. The van der Waals surface area contributed by atoms with Crippen LogP contribution in [0.3, 0.4) is 0 Å². The first-order valence-corrected chi connectivity index (χ1v) is 3.79. The molecule has 0 spiro atoms. The van der Waals surface area contributed by atoms with Crippen LogP contribution in [0.5, 0.6) is 0 Å². The molecule has 54 valence electrons. The fourth-order valence-electron chi connectivity index (χ4n) is 1.54. The van der Waals surface area contributed by atoms with E-state index in [1.807, 2.05) is 0 Å². The average molecular weight is 128 g/mol. The summed E-state index contributed by atoms with van der Waals surface area (Å²) in [5.41, 5.74) is 5.56. The minimum absolute atomic E-state index is 0.745. The van der Waals surface area contributed by atoms with Gasteiger partial charge in [-0.15, -0.1) is 0 Å². The summed E-state index contributed by atoms with van der Waals surface area (Å²) in [6, 6.07) is 0. The zero-order valence-electron chi connectivity index (χ0n) is 6.06. The van der Waals surface area contributed by atoms with Crippen molar-refractivity contribution in [1.82, 2.24) is 5.32 Å². The summed E-state index contributed by atoms with van der Waals surface area (Å²) >= 11 is 0. The maximum absolute atomic E-state index is 5.56. The molecule has 0 unspecified atom stereocenters. The highest BCUT2D eigenvalue weighted by molar-refractivity contribution is 4.80. The summed E-state index contributed by atoms with van der Waals surface area (Å²) in [6.07, 6.45) is 1.27. The molecule has 1 saturated heterocycles. The van der Waals surface area contributed by atoms with Gasteiger partial charge in [-0.2, -0.15) is 0 Å². The molecule has 9 heavy (non-hydrogen) atoms. The summed E-state index contributed by atoms with van der Waals surface area (Å²) in [5.74, 6) is 1.59. The largest absolute Gasteiger partial charge is 0.330 e. The highest BCUT2D eigenvalue weighted by Crippen LogP contribution is 2.17. The summed E-state index contributed by atoms with van der Waals surface area (Å²) in [7, 11) is 0. The Kier molecular flexibility index (Phi) is 2.49. The molecule has 1 heterocycles. The Hall–Kier alpha value is -0.0800. The molecule has 0 bridgehead atoms. The van der Waals surface area contributed by atoms with Crippen LogP contribution in [0, 0.1) is 11.8 Å². The third-order valence-corrected chi connectivity index (χ3v) is 2.31. The van der Waals surface area contributed by atoms with Gasteiger partial charge in [-0.3, -0.25) is 0 Å². The van der Waals surface area contributed by atoms with E-state index in [4.69, 9.17) is 5.73 Å². The number of hydrogen-bond acceptors (Lipinski definition) is 2. The van der Waals surface area contributed by atoms with Crippen LogP contribution in [0.25, 0.3) is 0 Å². The van der Waals surface area contributed by atoms with Crippen molar-refractivity contribution in [3.63, 3.8) is 0 Å². The van der Waals surface area contributed by atoms with Gasteiger partial charge in [0.1, 0.15) is 0 Å². The fourth-order valence-corrected chi connectivity index (χ4v) is 1.54. The molecule has 0 aromatic heterocycles.